The van der Waals surface area contributed by atoms with Gasteiger partial charge in [0, 0.05) is 0 Å². The number of aliphatic carboxylic acids is 2. The van der Waals surface area contributed by atoms with Crippen molar-refractivity contribution in [2.75, 3.05) is 0 Å². The summed E-state index contributed by atoms with van der Waals surface area (Å²) >= 11 is 0. The number of hydrogen-bond donors (Lipinski definition) is 2. The van der Waals surface area contributed by atoms with E-state index in [1.54, 1.807) is 0 Å². The molecule has 0 amide bonds. The molecular weight excluding hydrogens is 160 g/mol. The van der Waals surface area contributed by atoms with Crippen molar-refractivity contribution in [1.29, 1.82) is 0 Å². The smallest absolute Gasteiger partial charge is 0.339 e. The molecule has 2 atom stereocenters. The molecule has 1 aliphatic heterocycles. The average molecular weight is 164 g/mol. The van der Waals surface area contributed by atoms with Gasteiger partial charge in [-0.15, -0.1) is 0 Å². The Morgan fingerprint density at radius 1 is 1.00 bits per heavy atom. The lowest BCUT2D eigenvalue weighted by atomic mass is 10.2. The van der Waals surface area contributed by atoms with Crippen LogP contribution in [0.4, 0.5) is 0 Å². The van der Waals surface area contributed by atoms with Crippen LogP contribution in [-0.2, 0) is 24.4 Å². The van der Waals surface area contributed by atoms with E-state index in [2.05, 4.69) is 14.8 Å². The standard InChI is InChI=1S/C4H4O7/c5-3(6)1-2(4(7)8)10-11-9-1/h1-2H,(H,5,6)(H,7,8)/t1-,2+. The van der Waals surface area contributed by atoms with E-state index >= 15 is 0 Å². The Kier molecular flexibility index (Phi) is 2.03. The van der Waals surface area contributed by atoms with Gasteiger partial charge in [0.25, 0.3) is 0 Å². The first kappa shape index (κ1) is 7.92. The van der Waals surface area contributed by atoms with Gasteiger partial charge in [-0.3, -0.25) is 0 Å². The van der Waals surface area contributed by atoms with Gasteiger partial charge in [-0.1, -0.05) is 5.04 Å². The second-order valence-electron chi connectivity index (χ2n) is 1.78. The van der Waals surface area contributed by atoms with Gasteiger partial charge in [-0.25, -0.2) is 9.59 Å². The molecule has 0 aliphatic carbocycles. The molecule has 0 saturated carbocycles. The molecule has 0 aromatic carbocycles. The number of hydrogen-bond acceptors (Lipinski definition) is 5. The lowest BCUT2D eigenvalue weighted by Gasteiger charge is -2.02. The summed E-state index contributed by atoms with van der Waals surface area (Å²) in [4.78, 5) is 28.3. The molecule has 0 aromatic rings. The summed E-state index contributed by atoms with van der Waals surface area (Å²) in [5.74, 6) is -2.90. The van der Waals surface area contributed by atoms with Gasteiger partial charge in [0.2, 0.25) is 12.2 Å². The third-order valence-corrected chi connectivity index (χ3v) is 1.05. The zero-order valence-corrected chi connectivity index (χ0v) is 5.09. The lowest BCUT2D eigenvalue weighted by molar-refractivity contribution is -0.462. The Morgan fingerprint density at radius 2 is 1.36 bits per heavy atom. The number of carboxylic acids is 2. The summed E-state index contributed by atoms with van der Waals surface area (Å²) in [7, 11) is 0. The van der Waals surface area contributed by atoms with Crippen LogP contribution in [-0.4, -0.2) is 34.4 Å². The molecule has 2 N–H and O–H groups in total. The molecule has 1 aliphatic rings. The number of carboxylic acid groups (broad SMARTS) is 2. The molecule has 11 heavy (non-hydrogen) atoms. The van der Waals surface area contributed by atoms with E-state index in [1.807, 2.05) is 0 Å². The first-order chi connectivity index (χ1) is 5.13. The third kappa shape index (κ3) is 1.45. The summed E-state index contributed by atoms with van der Waals surface area (Å²) in [6.45, 7) is 0. The quantitative estimate of drug-likeness (QED) is 0.493. The first-order valence-corrected chi connectivity index (χ1v) is 2.57. The van der Waals surface area contributed by atoms with Crippen LogP contribution in [0, 0.1) is 0 Å². The monoisotopic (exact) mass is 164 g/mol. The largest absolute Gasteiger partial charge is 0.479 e. The second-order valence-corrected chi connectivity index (χ2v) is 1.78. The van der Waals surface area contributed by atoms with E-state index in [1.165, 1.54) is 0 Å². The maximum absolute atomic E-state index is 10.2. The zero-order chi connectivity index (χ0) is 8.43. The maximum Gasteiger partial charge on any atom is 0.339 e. The fourth-order valence-corrected chi connectivity index (χ4v) is 0.550. The highest BCUT2D eigenvalue weighted by molar-refractivity contribution is 5.83. The predicted octanol–water partition coefficient (Wildman–Crippen LogP) is -1.21. The van der Waals surface area contributed by atoms with Crippen LogP contribution >= 0.6 is 0 Å². The van der Waals surface area contributed by atoms with E-state index < -0.39 is 24.1 Å². The van der Waals surface area contributed by atoms with Gasteiger partial charge in [0.05, 0.1) is 0 Å². The van der Waals surface area contributed by atoms with Crippen LogP contribution < -0.4 is 0 Å². The van der Waals surface area contributed by atoms with Crippen molar-refractivity contribution in [3.8, 4) is 0 Å². The Hall–Kier alpha value is -1.18. The zero-order valence-electron chi connectivity index (χ0n) is 5.09. The Balaban J connectivity index is 2.65. The van der Waals surface area contributed by atoms with E-state index in [9.17, 15) is 9.59 Å². The fourth-order valence-electron chi connectivity index (χ4n) is 0.550. The van der Waals surface area contributed by atoms with Gasteiger partial charge < -0.3 is 10.2 Å². The molecule has 0 bridgehead atoms. The minimum atomic E-state index is -1.60. The molecule has 0 spiro atoms. The Morgan fingerprint density at radius 3 is 1.64 bits per heavy atom. The second kappa shape index (κ2) is 2.82. The molecule has 1 heterocycles. The van der Waals surface area contributed by atoms with Gasteiger partial charge >= 0.3 is 11.9 Å². The molecule has 0 radical (unpaired) electrons. The maximum atomic E-state index is 10.2. The van der Waals surface area contributed by atoms with E-state index in [0.29, 0.717) is 0 Å². The van der Waals surface area contributed by atoms with Crippen LogP contribution in [0.15, 0.2) is 0 Å². The van der Waals surface area contributed by atoms with Crippen molar-refractivity contribution in [2.45, 2.75) is 12.2 Å². The highest BCUT2D eigenvalue weighted by Gasteiger charge is 2.43. The van der Waals surface area contributed by atoms with Crippen LogP contribution in [0.1, 0.15) is 0 Å². The molecule has 1 fully saturated rings. The SMILES string of the molecule is O=C(O)[C@H]1OOO[C@H]1C(=O)O. The Bertz CT molecular complexity index is 167. The summed E-state index contributed by atoms with van der Waals surface area (Å²) < 4.78 is 0. The first-order valence-electron chi connectivity index (χ1n) is 2.57. The fraction of sp³-hybridized carbons (Fsp3) is 0.500. The van der Waals surface area contributed by atoms with Crippen LogP contribution in [0.3, 0.4) is 0 Å². The summed E-state index contributed by atoms with van der Waals surface area (Å²) in [6, 6.07) is 0. The minimum absolute atomic E-state index is 1.45. The van der Waals surface area contributed by atoms with Crippen LogP contribution in [0.5, 0.6) is 0 Å². The molecule has 7 heteroatoms. The van der Waals surface area contributed by atoms with Crippen molar-refractivity contribution in [3.05, 3.63) is 0 Å². The van der Waals surface area contributed by atoms with Crippen LogP contribution in [0.25, 0.3) is 0 Å². The summed E-state index contributed by atoms with van der Waals surface area (Å²) in [5.41, 5.74) is 0. The highest BCUT2D eigenvalue weighted by atomic mass is 17.5. The summed E-state index contributed by atoms with van der Waals surface area (Å²) in [6.07, 6.45) is -3.21. The normalized spacial score (nSPS) is 30.2. The van der Waals surface area contributed by atoms with Gasteiger partial charge in [-0.2, -0.15) is 9.78 Å². The third-order valence-electron chi connectivity index (χ3n) is 1.05. The van der Waals surface area contributed by atoms with Gasteiger partial charge in [0.15, 0.2) is 0 Å². The van der Waals surface area contributed by atoms with E-state index in [4.69, 9.17) is 10.2 Å². The van der Waals surface area contributed by atoms with Crippen molar-refractivity contribution in [3.63, 3.8) is 0 Å². The molecule has 1 saturated heterocycles. The van der Waals surface area contributed by atoms with Crippen LogP contribution in [0.2, 0.25) is 0 Å². The molecule has 62 valence electrons. The highest BCUT2D eigenvalue weighted by Crippen LogP contribution is 2.14. The van der Waals surface area contributed by atoms with Crippen molar-refractivity contribution < 1.29 is 34.6 Å². The summed E-state index contributed by atoms with van der Waals surface area (Å²) in [5, 5.41) is 20.3. The average Bonchev–Trinajstić information content (AvgIpc) is 2.32. The Labute approximate surface area is 59.9 Å². The molecule has 0 unspecified atom stereocenters. The van der Waals surface area contributed by atoms with Gasteiger partial charge in [-0.05, 0) is 0 Å². The molecule has 1 rings (SSSR count). The number of carbonyl (C=O) groups is 2. The molecule has 0 aromatic heterocycles. The minimum Gasteiger partial charge on any atom is -0.479 e. The van der Waals surface area contributed by atoms with Gasteiger partial charge in [0.1, 0.15) is 0 Å². The van der Waals surface area contributed by atoms with E-state index in [-0.39, 0.29) is 0 Å². The van der Waals surface area contributed by atoms with Crippen molar-refractivity contribution in [1.82, 2.24) is 0 Å². The molecule has 7 nitrogen and oxygen atoms in total. The topological polar surface area (TPSA) is 102 Å². The van der Waals surface area contributed by atoms with Crippen molar-refractivity contribution in [2.24, 2.45) is 0 Å². The predicted molar refractivity (Wildman–Crippen MR) is 26.1 cm³/mol. The lowest BCUT2D eigenvalue weighted by Crippen LogP contribution is -2.36. The van der Waals surface area contributed by atoms with Crippen molar-refractivity contribution >= 4 is 11.9 Å². The molecular formula is C4H4O7. The van der Waals surface area contributed by atoms with E-state index in [0.717, 1.165) is 0 Å². The number of rotatable bonds is 2.